The third kappa shape index (κ3) is 31.8. The topological polar surface area (TPSA) is 292 Å². The van der Waals surface area contributed by atoms with Crippen LogP contribution in [0.1, 0.15) is 123 Å². The van der Waals surface area contributed by atoms with Crippen molar-refractivity contribution >= 4 is 150 Å². The van der Waals surface area contributed by atoms with Crippen LogP contribution in [0.5, 0.6) is 23.0 Å². The fourth-order valence-corrected chi connectivity index (χ4v) is 11.0. The van der Waals surface area contributed by atoms with Crippen molar-refractivity contribution in [1.29, 1.82) is 0 Å². The van der Waals surface area contributed by atoms with E-state index < -0.39 is 35.4 Å². The van der Waals surface area contributed by atoms with E-state index in [-0.39, 0.29) is 31.0 Å². The number of rotatable bonds is 17. The van der Waals surface area contributed by atoms with E-state index in [0.717, 1.165) is 129 Å². The van der Waals surface area contributed by atoms with Crippen LogP contribution in [0.2, 0.25) is 10.0 Å². The zero-order chi connectivity index (χ0) is 89.2. The van der Waals surface area contributed by atoms with Crippen LogP contribution >= 0.6 is 23.2 Å². The number of hydrogen-bond donors (Lipinski definition) is 2. The molecule has 0 atom stereocenters. The van der Waals surface area contributed by atoms with Gasteiger partial charge in [0.25, 0.3) is 0 Å². The van der Waals surface area contributed by atoms with E-state index in [1.54, 1.807) is 97.1 Å². The first-order valence-electron chi connectivity index (χ1n) is 35.8. The van der Waals surface area contributed by atoms with Crippen molar-refractivity contribution in [3.8, 4) is 23.0 Å². The van der Waals surface area contributed by atoms with Gasteiger partial charge in [0.2, 0.25) is 13.6 Å². The van der Waals surface area contributed by atoms with Crippen LogP contribution in [-0.2, 0) is 45.8 Å². The molecule has 28 heteroatoms. The number of fused-ring (bicyclic) bond motifs is 4. The van der Waals surface area contributed by atoms with Crippen molar-refractivity contribution in [1.82, 2.24) is 9.97 Å². The summed E-state index contributed by atoms with van der Waals surface area (Å²) in [4.78, 5) is 131. The zero-order valence-corrected chi connectivity index (χ0v) is 66.8. The zero-order valence-electron chi connectivity index (χ0n) is 65.3. The van der Waals surface area contributed by atoms with Crippen molar-refractivity contribution < 1.29 is 112 Å². The molecule has 2 aliphatic heterocycles. The summed E-state index contributed by atoms with van der Waals surface area (Å²) in [6.45, 7) is 4.36. The van der Waals surface area contributed by atoms with E-state index >= 15 is 0 Å². The maximum atomic E-state index is 12.4. The second-order valence-corrected chi connectivity index (χ2v) is 25.0. The Kier molecular flexibility index (Phi) is 42.1. The molecule has 0 radical (unpaired) electrons. The van der Waals surface area contributed by atoms with Gasteiger partial charge in [-0.1, -0.05) is 181 Å². The molecular formula is C94H76Cl2F6N2O18. The number of carbonyl (C=O) groups is 12. The number of aromatic nitrogens is 2. The molecule has 20 nitrogen and oxygen atoms in total. The van der Waals surface area contributed by atoms with E-state index in [9.17, 15) is 83.9 Å². The minimum absolute atomic E-state index is 0.00731. The molecule has 0 amide bonds. The van der Waals surface area contributed by atoms with Gasteiger partial charge in [0.1, 0.15) is 31.4 Å². The third-order valence-corrected chi connectivity index (χ3v) is 16.7. The Hall–Kier alpha value is -15.0. The number of aryl methyl sites for hydroxylation is 2. The van der Waals surface area contributed by atoms with Gasteiger partial charge in [-0.15, -0.1) is 0 Å². The Morgan fingerprint density at radius 3 is 1.12 bits per heavy atom. The van der Waals surface area contributed by atoms with Gasteiger partial charge in [-0.3, -0.25) is 47.9 Å². The van der Waals surface area contributed by atoms with Gasteiger partial charge < -0.3 is 38.4 Å². The highest BCUT2D eigenvalue weighted by Gasteiger charge is 2.33. The third-order valence-electron chi connectivity index (χ3n) is 16.1. The molecule has 4 heterocycles. The number of hydrogen-bond acceptors (Lipinski definition) is 18. The van der Waals surface area contributed by atoms with Crippen molar-refractivity contribution in [2.45, 2.75) is 26.2 Å². The second-order valence-electron chi connectivity index (χ2n) is 24.2. The first-order valence-corrected chi connectivity index (χ1v) is 36.5. The van der Waals surface area contributed by atoms with Gasteiger partial charge in [0.15, 0.2) is 54.4 Å². The summed E-state index contributed by atoms with van der Waals surface area (Å²) in [5.41, 5.74) is 8.72. The van der Waals surface area contributed by atoms with Crippen LogP contribution in [0.15, 0.2) is 261 Å². The van der Waals surface area contributed by atoms with Crippen LogP contribution in [0.3, 0.4) is 0 Å². The predicted molar refractivity (Wildman–Crippen MR) is 455 cm³/mol. The molecule has 0 bridgehead atoms. The minimum atomic E-state index is -4.45. The molecule has 0 fully saturated rings. The number of aromatic amines is 2. The number of halogens is 8. The largest absolute Gasteiger partial charge is 0.465 e. The summed E-state index contributed by atoms with van der Waals surface area (Å²) < 4.78 is 103. The van der Waals surface area contributed by atoms with E-state index in [4.69, 9.17) is 42.1 Å². The molecule has 626 valence electrons. The molecule has 2 N–H and O–H groups in total. The fraction of sp³-hybridized carbons (Fsp3) is 0.0851. The Bertz CT molecular complexity index is 5690. The van der Waals surface area contributed by atoms with Gasteiger partial charge in [-0.25, -0.2) is 9.59 Å². The van der Waals surface area contributed by atoms with Gasteiger partial charge in [-0.05, 0) is 169 Å². The summed E-state index contributed by atoms with van der Waals surface area (Å²) in [6, 6.07) is 60.4. The molecule has 0 aliphatic carbocycles. The van der Waals surface area contributed by atoms with Crippen LogP contribution in [0.4, 0.5) is 26.3 Å². The Morgan fingerprint density at radius 2 is 0.680 bits per heavy atom. The molecule has 0 spiro atoms. The molecule has 12 aromatic rings. The molecule has 14 rings (SSSR count). The van der Waals surface area contributed by atoms with Crippen LogP contribution in [0.25, 0.3) is 52.2 Å². The number of allylic oxidation sites excluding steroid dienone is 5. The number of H-pyrrole nitrogens is 2. The number of esters is 2. The van der Waals surface area contributed by atoms with Crippen molar-refractivity contribution in [3.63, 3.8) is 0 Å². The average Bonchev–Trinajstić information content (AvgIpc) is 1.10. The summed E-state index contributed by atoms with van der Waals surface area (Å²) in [5.74, 6) is 1.75. The lowest BCUT2D eigenvalue weighted by molar-refractivity contribution is -0.138. The smallest absolute Gasteiger partial charge is 0.417 e. The molecule has 0 saturated heterocycles. The number of benzene rings is 10. The highest BCUT2D eigenvalue weighted by Crippen LogP contribution is 2.37. The first kappa shape index (κ1) is 97.6. The Balaban J connectivity index is 0.000000241. The lowest BCUT2D eigenvalue weighted by Gasteiger charge is -2.09. The molecule has 0 unspecified atom stereocenters. The van der Waals surface area contributed by atoms with Crippen molar-refractivity contribution in [2.75, 3.05) is 27.8 Å². The lowest BCUT2D eigenvalue weighted by Crippen LogP contribution is -2.08. The minimum Gasteiger partial charge on any atom is -0.465 e. The van der Waals surface area contributed by atoms with Gasteiger partial charge in [0, 0.05) is 67.0 Å². The summed E-state index contributed by atoms with van der Waals surface area (Å²) >= 11 is 11.6. The SMILES string of the molecule is COC(=O)c1ccccc1/C=C/C=O.COC(=O)c1ccccc1C=O.Cc1ccc(/C=C/C=O)c(Cl)c1.Cc1ccc(C=O)c(Cl)c1.O=C/C=C/c1cccc2[nH]ccc12.O=C/C=C/c1cccc2c1OCO2.O=C/C=C/c1ccccc1C(F)(F)F.O=Cc1cccc2[nH]ccc12.O=Cc1cccc2c1OCO2.O=Cc1ccccc1C(F)(F)F. The van der Waals surface area contributed by atoms with Crippen LogP contribution < -0.4 is 18.9 Å². The highest BCUT2D eigenvalue weighted by molar-refractivity contribution is 6.33. The van der Waals surface area contributed by atoms with Gasteiger partial charge >= 0.3 is 24.3 Å². The van der Waals surface area contributed by atoms with Crippen LogP contribution in [-0.4, -0.2) is 113 Å². The monoisotopic (exact) mass is 1700 g/mol. The lowest BCUT2D eigenvalue weighted by atomic mass is 10.1. The van der Waals surface area contributed by atoms with E-state index in [1.165, 1.54) is 68.9 Å². The maximum absolute atomic E-state index is 12.4. The normalized spacial score (nSPS) is 11.0. The maximum Gasteiger partial charge on any atom is 0.417 e. The number of aldehydes is 10. The van der Waals surface area contributed by atoms with E-state index in [0.29, 0.717) is 79.5 Å². The van der Waals surface area contributed by atoms with Crippen molar-refractivity contribution in [3.05, 3.63) is 360 Å². The van der Waals surface area contributed by atoms with Gasteiger partial charge in [-0.2, -0.15) is 26.3 Å². The summed E-state index contributed by atoms with van der Waals surface area (Å²) in [6.07, 6.45) is 16.1. The van der Waals surface area contributed by atoms with E-state index in [2.05, 4.69) is 19.4 Å². The molecule has 10 aromatic carbocycles. The number of para-hydroxylation sites is 2. The first-order chi connectivity index (χ1) is 58.8. The summed E-state index contributed by atoms with van der Waals surface area (Å²) in [5, 5.41) is 3.33. The fourth-order valence-electron chi connectivity index (χ4n) is 10.4. The van der Waals surface area contributed by atoms with Crippen LogP contribution in [0, 0.1) is 13.8 Å². The number of alkyl halides is 6. The quantitative estimate of drug-likeness (QED) is 0.0370. The van der Waals surface area contributed by atoms with Crippen molar-refractivity contribution in [2.24, 2.45) is 0 Å². The standard InChI is InChI=1S/C11H9NO.C11H10O3.C10H9ClO.C10H7F3O.C10H8O3.C9H7NO.C9H8O3.C8H7ClO.C8H5F3O.C8H6O3/c13-8-2-4-9-3-1-5-11-10(9)6-7-12-11;1-14-11(13)10-7-3-2-5-9(10)6-4-8-12;1-8-4-5-9(3-2-6-12)10(11)7-8;11-10(12,13)9-6-2-1-4-8(9)5-3-7-14;11-6-2-4-8-3-1-5-9-10(8)13-7-12-9;11-6-7-2-1-3-9-8(7)4-5-10-9;1-12-9(11)8-5-3-2-4-7(8)6-10;1-6-2-3-7(5-10)8(9)4-6;9-8(10,11)7-4-2-1-3-6(7)5-12;9-4-6-2-1-3-7-8(6)11-5-10-7/h1-8,12H;2-8H,1H3;2-7H,1H3;1-7H;1-6H,7H2;1-6,10H;2-6H,1H3;2-5H,1H3;1-5H;1-4H,5H2/b4-2+;6-4+;3-2+;5-3+;4-2+;;;;;. The molecule has 2 aliphatic rings. The Labute approximate surface area is 705 Å². The molecule has 122 heavy (non-hydrogen) atoms. The predicted octanol–water partition coefficient (Wildman–Crippen LogP) is 20.9. The number of ether oxygens (including phenoxy) is 6. The number of methoxy groups -OCH3 is 2. The molecular weight excluding hydrogens is 1630 g/mol. The average molecular weight is 1710 g/mol. The second kappa shape index (κ2) is 52.6. The summed E-state index contributed by atoms with van der Waals surface area (Å²) in [7, 11) is 2.60. The number of carbonyl (C=O) groups excluding carboxylic acids is 12. The molecule has 2 aromatic heterocycles. The van der Waals surface area contributed by atoms with Gasteiger partial charge in [0.05, 0.1) is 47.1 Å². The highest BCUT2D eigenvalue weighted by atomic mass is 35.5. The molecule has 0 saturated carbocycles. The Morgan fingerprint density at radius 1 is 0.344 bits per heavy atom. The number of nitrogens with one attached hydrogen (secondary N) is 2. The van der Waals surface area contributed by atoms with E-state index in [1.807, 2.05) is 123 Å².